The molecule has 1 aliphatic rings. The number of aliphatic hydroxyl groups is 1. The smallest absolute Gasteiger partial charge is 0.261 e. The van der Waals surface area contributed by atoms with Gasteiger partial charge in [0, 0.05) is 43.4 Å². The van der Waals surface area contributed by atoms with E-state index >= 15 is 0 Å². The zero-order valence-corrected chi connectivity index (χ0v) is 30.0. The number of halogens is 1. The quantitative estimate of drug-likeness (QED) is 0.302. The maximum atomic E-state index is 14.3. The molecular weight excluding hydrogens is 686 g/mol. The van der Waals surface area contributed by atoms with Gasteiger partial charge in [0.05, 0.1) is 35.3 Å². The van der Waals surface area contributed by atoms with Gasteiger partial charge >= 0.3 is 0 Å². The molecule has 2 N–H and O–H groups in total. The van der Waals surface area contributed by atoms with Crippen LogP contribution in [0.3, 0.4) is 0 Å². The van der Waals surface area contributed by atoms with Crippen molar-refractivity contribution < 1.29 is 36.2 Å². The van der Waals surface area contributed by atoms with E-state index in [9.17, 15) is 26.7 Å². The molecule has 1 aromatic heterocycles. The second kappa shape index (κ2) is 16.1. The Bertz CT molecular complexity index is 1700. The first kappa shape index (κ1) is 37.1. The minimum Gasteiger partial charge on any atom is -0.490 e. The van der Waals surface area contributed by atoms with Gasteiger partial charge < -0.3 is 19.5 Å². The van der Waals surface area contributed by atoms with Crippen LogP contribution in [0.5, 0.6) is 5.75 Å². The number of anilines is 1. The molecule has 0 saturated heterocycles. The van der Waals surface area contributed by atoms with E-state index in [0.29, 0.717) is 24.5 Å². The van der Waals surface area contributed by atoms with Crippen molar-refractivity contribution in [3.8, 4) is 5.75 Å². The first-order valence-corrected chi connectivity index (χ1v) is 19.5. The lowest BCUT2D eigenvalue weighted by Crippen LogP contribution is -2.48. The Hall–Kier alpha value is -2.72. The number of nitrogens with zero attached hydrogens (tertiary/aromatic N) is 2. The number of ether oxygens (including phenoxy) is 2. The van der Waals surface area contributed by atoms with Crippen molar-refractivity contribution in [3.63, 3.8) is 0 Å². The maximum Gasteiger partial charge on any atom is 0.261 e. The van der Waals surface area contributed by atoms with Gasteiger partial charge in [-0.1, -0.05) is 24.6 Å². The van der Waals surface area contributed by atoms with Crippen LogP contribution in [0.25, 0.3) is 0 Å². The number of aliphatic hydroxyl groups excluding tert-OH is 1. The normalized spacial score (nSPS) is 21.0. The Morgan fingerprint density at radius 3 is 2.49 bits per heavy atom. The van der Waals surface area contributed by atoms with Gasteiger partial charge in [0.15, 0.2) is 0 Å². The standard InChI is InChI=1S/C32H42ClN3O8S3/c1-22-19-36(23(2)21-37)32(38)28-18-26(34-46(39,40)27-13-10-25(33)11-14-27)12-15-29(28)44-24(3)8-5-6-16-43-30(22)20-35(4)47(41,42)31-9-7-17-45-31/h7,9-15,17-18,22-24,30,34,37H,5-6,8,16,19-21H2,1-4H3/t22-,23+,24+,30+/m0/s1. The number of nitrogens with one attached hydrogen (secondary N) is 1. The van der Waals surface area contributed by atoms with E-state index in [4.69, 9.17) is 21.1 Å². The lowest BCUT2D eigenvalue weighted by Gasteiger charge is -2.35. The Morgan fingerprint density at radius 2 is 1.83 bits per heavy atom. The number of fused-ring (bicyclic) bond motifs is 1. The molecule has 47 heavy (non-hydrogen) atoms. The molecule has 0 saturated carbocycles. The lowest BCUT2D eigenvalue weighted by atomic mass is 10.0. The molecule has 0 bridgehead atoms. The van der Waals surface area contributed by atoms with Gasteiger partial charge in [0.25, 0.3) is 26.0 Å². The molecule has 4 atom stereocenters. The van der Waals surface area contributed by atoms with Gasteiger partial charge in [0.1, 0.15) is 9.96 Å². The fourth-order valence-electron chi connectivity index (χ4n) is 5.19. The highest BCUT2D eigenvalue weighted by molar-refractivity contribution is 7.92. The van der Waals surface area contributed by atoms with Crippen LogP contribution in [0.2, 0.25) is 5.02 Å². The first-order valence-electron chi connectivity index (χ1n) is 15.3. The number of thiophene rings is 1. The maximum absolute atomic E-state index is 14.3. The van der Waals surface area contributed by atoms with Crippen molar-refractivity contribution >= 4 is 54.6 Å². The molecule has 3 aromatic rings. The van der Waals surface area contributed by atoms with Gasteiger partial charge in [-0.3, -0.25) is 9.52 Å². The van der Waals surface area contributed by atoms with E-state index in [1.165, 1.54) is 52.7 Å². The van der Waals surface area contributed by atoms with Crippen molar-refractivity contribution in [2.45, 2.75) is 67.4 Å². The molecule has 0 radical (unpaired) electrons. The number of rotatable bonds is 9. The minimum absolute atomic E-state index is 0.000335. The average molecular weight is 728 g/mol. The van der Waals surface area contributed by atoms with Gasteiger partial charge in [-0.05, 0) is 87.0 Å². The summed E-state index contributed by atoms with van der Waals surface area (Å²) >= 11 is 7.07. The third-order valence-corrected chi connectivity index (χ3v) is 12.9. The third-order valence-electron chi connectivity index (χ3n) is 8.02. The molecule has 11 nitrogen and oxygen atoms in total. The number of carbonyl (C=O) groups excluding carboxylic acids is 1. The van der Waals surface area contributed by atoms with E-state index in [1.54, 1.807) is 30.5 Å². The SMILES string of the molecule is C[C@@H]1CCCCO[C@H](CN(C)S(=O)(=O)c2cccs2)[C@@H](C)CN([C@H](C)CO)C(=O)c2cc(NS(=O)(=O)c3ccc(Cl)cc3)ccc2O1. The molecule has 258 valence electrons. The Labute approximate surface area is 286 Å². The van der Waals surface area contributed by atoms with E-state index in [0.717, 1.165) is 17.8 Å². The number of sulfonamides is 2. The zero-order valence-electron chi connectivity index (χ0n) is 26.8. The van der Waals surface area contributed by atoms with Crippen molar-refractivity contribution in [1.82, 2.24) is 9.21 Å². The molecule has 1 aliphatic heterocycles. The monoisotopic (exact) mass is 727 g/mol. The molecule has 0 spiro atoms. The fourth-order valence-corrected chi connectivity index (χ4v) is 8.75. The van der Waals surface area contributed by atoms with Crippen molar-refractivity contribution in [1.29, 1.82) is 0 Å². The van der Waals surface area contributed by atoms with Crippen molar-refractivity contribution in [3.05, 3.63) is 70.6 Å². The summed E-state index contributed by atoms with van der Waals surface area (Å²) in [6.45, 7) is 5.70. The van der Waals surface area contributed by atoms with Crippen LogP contribution >= 0.6 is 22.9 Å². The first-order chi connectivity index (χ1) is 22.2. The predicted molar refractivity (Wildman–Crippen MR) is 183 cm³/mol. The summed E-state index contributed by atoms with van der Waals surface area (Å²) in [7, 11) is -6.24. The van der Waals surface area contributed by atoms with Crippen molar-refractivity contribution in [2.24, 2.45) is 5.92 Å². The highest BCUT2D eigenvalue weighted by Crippen LogP contribution is 2.30. The molecule has 1 amide bonds. The third kappa shape index (κ3) is 9.46. The van der Waals surface area contributed by atoms with Crippen molar-refractivity contribution in [2.75, 3.05) is 38.1 Å². The zero-order chi connectivity index (χ0) is 34.4. The molecule has 0 aliphatic carbocycles. The van der Waals surface area contributed by atoms with E-state index in [2.05, 4.69) is 4.72 Å². The molecule has 15 heteroatoms. The van der Waals surface area contributed by atoms with Crippen LogP contribution in [0.15, 0.2) is 69.1 Å². The summed E-state index contributed by atoms with van der Waals surface area (Å²) in [4.78, 5) is 15.8. The Morgan fingerprint density at radius 1 is 1.11 bits per heavy atom. The predicted octanol–water partition coefficient (Wildman–Crippen LogP) is 5.32. The average Bonchev–Trinajstić information content (AvgIpc) is 3.59. The fraction of sp³-hybridized carbons (Fsp3) is 0.469. The highest BCUT2D eigenvalue weighted by Gasteiger charge is 2.33. The van der Waals surface area contributed by atoms with Crippen LogP contribution in [-0.2, 0) is 24.8 Å². The topological polar surface area (TPSA) is 143 Å². The largest absolute Gasteiger partial charge is 0.490 e. The summed E-state index contributed by atoms with van der Waals surface area (Å²) in [6, 6.07) is 12.8. The summed E-state index contributed by atoms with van der Waals surface area (Å²) in [6.07, 6.45) is 1.30. The summed E-state index contributed by atoms with van der Waals surface area (Å²) in [5, 5.41) is 12.3. The Balaban J connectivity index is 1.68. The molecule has 2 aromatic carbocycles. The minimum atomic E-state index is -4.01. The van der Waals surface area contributed by atoms with E-state index < -0.39 is 38.1 Å². The molecule has 2 heterocycles. The van der Waals surface area contributed by atoms with Crippen LogP contribution in [0.1, 0.15) is 50.4 Å². The molecule has 0 fully saturated rings. The summed E-state index contributed by atoms with van der Waals surface area (Å²) < 4.78 is 69.3. The number of benzene rings is 2. The second-order valence-corrected chi connectivity index (χ2v) is 17.1. The number of hydrogen-bond donors (Lipinski definition) is 2. The van der Waals surface area contributed by atoms with E-state index in [-0.39, 0.29) is 57.8 Å². The number of carbonyl (C=O) groups is 1. The van der Waals surface area contributed by atoms with E-state index in [1.807, 2.05) is 13.8 Å². The Kier molecular flexibility index (Phi) is 12.7. The van der Waals surface area contributed by atoms with Gasteiger partial charge in [-0.15, -0.1) is 11.3 Å². The number of amides is 1. The van der Waals surface area contributed by atoms with Gasteiger partial charge in [-0.2, -0.15) is 4.31 Å². The lowest BCUT2D eigenvalue weighted by molar-refractivity contribution is -0.00832. The van der Waals surface area contributed by atoms with Gasteiger partial charge in [-0.25, -0.2) is 16.8 Å². The molecule has 4 rings (SSSR count). The number of hydrogen-bond acceptors (Lipinski definition) is 9. The molecular formula is C32H42ClN3O8S3. The van der Waals surface area contributed by atoms with Crippen LogP contribution < -0.4 is 9.46 Å². The van der Waals surface area contributed by atoms with Crippen LogP contribution in [0, 0.1) is 5.92 Å². The highest BCUT2D eigenvalue weighted by atomic mass is 35.5. The second-order valence-electron chi connectivity index (χ2n) is 11.8. The summed E-state index contributed by atoms with van der Waals surface area (Å²) in [5.74, 6) is -0.554. The summed E-state index contributed by atoms with van der Waals surface area (Å²) in [5.41, 5.74) is 0.267. The molecule has 0 unspecified atom stereocenters. The van der Waals surface area contributed by atoms with Crippen LogP contribution in [-0.4, -0.2) is 88.7 Å². The van der Waals surface area contributed by atoms with Crippen LogP contribution in [0.4, 0.5) is 5.69 Å². The van der Waals surface area contributed by atoms with Gasteiger partial charge in [0.2, 0.25) is 0 Å². The number of likely N-dealkylation sites (N-methyl/N-ethyl adjacent to an activating group) is 1.